The van der Waals surface area contributed by atoms with Crippen molar-refractivity contribution in [2.45, 2.75) is 26.2 Å². The summed E-state index contributed by atoms with van der Waals surface area (Å²) < 4.78 is 0. The van der Waals surface area contributed by atoms with Crippen LogP contribution in [0.15, 0.2) is 18.2 Å². The average molecular weight is 204 g/mol. The summed E-state index contributed by atoms with van der Waals surface area (Å²) in [4.78, 5) is 2.47. The van der Waals surface area contributed by atoms with Crippen molar-refractivity contribution in [3.63, 3.8) is 0 Å². The second kappa shape index (κ2) is 4.23. The Bertz CT molecular complexity index is 346. The highest BCUT2D eigenvalue weighted by Gasteiger charge is 2.22. The van der Waals surface area contributed by atoms with E-state index in [0.29, 0.717) is 5.92 Å². The second-order valence-corrected chi connectivity index (χ2v) is 4.32. The zero-order valence-corrected chi connectivity index (χ0v) is 9.66. The second-order valence-electron chi connectivity index (χ2n) is 4.32. The molecule has 0 radical (unpaired) electrons. The molecule has 0 fully saturated rings. The van der Waals surface area contributed by atoms with Gasteiger partial charge >= 0.3 is 0 Å². The Morgan fingerprint density at radius 1 is 1.47 bits per heavy atom. The van der Waals surface area contributed by atoms with Gasteiger partial charge in [-0.1, -0.05) is 25.1 Å². The average Bonchev–Trinajstić information content (AvgIpc) is 2.70. The zero-order chi connectivity index (χ0) is 10.8. The van der Waals surface area contributed by atoms with E-state index >= 15 is 0 Å². The molecule has 0 bridgehead atoms. The number of nitrogens with two attached hydrogens (primary N) is 1. The predicted octanol–water partition coefficient (Wildman–Crippen LogP) is 2.13. The molecule has 0 saturated carbocycles. The number of hydrogen-bond acceptors (Lipinski definition) is 2. The first-order valence-electron chi connectivity index (χ1n) is 5.84. The highest BCUT2D eigenvalue weighted by atomic mass is 15.1. The van der Waals surface area contributed by atoms with E-state index in [1.165, 1.54) is 29.8 Å². The molecule has 2 nitrogen and oxygen atoms in total. The third-order valence-electron chi connectivity index (χ3n) is 3.38. The predicted molar refractivity (Wildman–Crippen MR) is 65.5 cm³/mol. The van der Waals surface area contributed by atoms with E-state index in [0.717, 1.165) is 13.1 Å². The van der Waals surface area contributed by atoms with Gasteiger partial charge in [0, 0.05) is 18.8 Å². The van der Waals surface area contributed by atoms with Crippen molar-refractivity contribution in [1.29, 1.82) is 0 Å². The van der Waals surface area contributed by atoms with Crippen LogP contribution in [0.25, 0.3) is 0 Å². The molecule has 0 aromatic heterocycles. The molecule has 0 amide bonds. The normalized spacial score (nSPS) is 16.6. The zero-order valence-electron chi connectivity index (χ0n) is 9.66. The van der Waals surface area contributed by atoms with Gasteiger partial charge in [-0.25, -0.2) is 0 Å². The summed E-state index contributed by atoms with van der Waals surface area (Å²) in [5, 5.41) is 0. The minimum atomic E-state index is 0.465. The fourth-order valence-electron chi connectivity index (χ4n) is 2.41. The van der Waals surface area contributed by atoms with Gasteiger partial charge in [0.15, 0.2) is 0 Å². The first kappa shape index (κ1) is 10.5. The molecule has 1 aliphatic rings. The maximum Gasteiger partial charge on any atom is 0.0435 e. The number of hydrogen-bond donors (Lipinski definition) is 1. The summed E-state index contributed by atoms with van der Waals surface area (Å²) in [5.74, 6) is 0.465. The molecule has 0 saturated heterocycles. The molecule has 82 valence electrons. The first-order valence-corrected chi connectivity index (χ1v) is 5.84. The van der Waals surface area contributed by atoms with Crippen molar-refractivity contribution in [2.24, 2.45) is 5.73 Å². The summed E-state index contributed by atoms with van der Waals surface area (Å²) in [6.45, 7) is 7.43. The van der Waals surface area contributed by atoms with Crippen LogP contribution in [0.5, 0.6) is 0 Å². The van der Waals surface area contributed by atoms with Crippen LogP contribution in [0.2, 0.25) is 0 Å². The number of anilines is 1. The summed E-state index contributed by atoms with van der Waals surface area (Å²) in [6, 6.07) is 6.64. The van der Waals surface area contributed by atoms with E-state index in [1.54, 1.807) is 0 Å². The lowest BCUT2D eigenvalue weighted by Gasteiger charge is -2.22. The van der Waals surface area contributed by atoms with Crippen LogP contribution in [-0.2, 0) is 6.42 Å². The minimum Gasteiger partial charge on any atom is -0.371 e. The van der Waals surface area contributed by atoms with Crippen LogP contribution >= 0.6 is 0 Å². The molecule has 1 unspecified atom stereocenters. The number of para-hydroxylation sites is 1. The number of rotatable bonds is 3. The maximum atomic E-state index is 5.77. The van der Waals surface area contributed by atoms with Gasteiger partial charge in [0.1, 0.15) is 0 Å². The van der Waals surface area contributed by atoms with Crippen LogP contribution in [-0.4, -0.2) is 19.6 Å². The SMILES string of the molecule is CCN1CCc2cccc(C(C)CN)c21. The Morgan fingerprint density at radius 3 is 2.93 bits per heavy atom. The van der Waals surface area contributed by atoms with Crippen LogP contribution < -0.4 is 10.6 Å². The Labute approximate surface area is 92.1 Å². The Morgan fingerprint density at radius 2 is 2.27 bits per heavy atom. The van der Waals surface area contributed by atoms with Crippen molar-refractivity contribution in [3.8, 4) is 0 Å². The van der Waals surface area contributed by atoms with E-state index in [-0.39, 0.29) is 0 Å². The third-order valence-corrected chi connectivity index (χ3v) is 3.38. The standard InChI is InChI=1S/C13H20N2/c1-3-15-8-7-11-5-4-6-12(13(11)15)10(2)9-14/h4-6,10H,3,7-9,14H2,1-2H3. The Hall–Kier alpha value is -1.02. The molecule has 0 aliphatic carbocycles. The third kappa shape index (κ3) is 1.74. The number of benzene rings is 1. The summed E-state index contributed by atoms with van der Waals surface area (Å²) in [5.41, 5.74) is 10.1. The molecule has 0 spiro atoms. The van der Waals surface area contributed by atoms with Crippen LogP contribution in [0.1, 0.15) is 30.9 Å². The van der Waals surface area contributed by atoms with E-state index in [4.69, 9.17) is 5.73 Å². The van der Waals surface area contributed by atoms with Gasteiger partial charge in [0.25, 0.3) is 0 Å². The van der Waals surface area contributed by atoms with Crippen LogP contribution in [0, 0.1) is 0 Å². The molecule has 2 N–H and O–H groups in total. The summed E-state index contributed by atoms with van der Waals surface area (Å²) >= 11 is 0. The van der Waals surface area contributed by atoms with Gasteiger partial charge < -0.3 is 10.6 Å². The van der Waals surface area contributed by atoms with E-state index in [2.05, 4.69) is 36.9 Å². The topological polar surface area (TPSA) is 29.3 Å². The lowest BCUT2D eigenvalue weighted by molar-refractivity contribution is 0.765. The molecule has 1 atom stereocenters. The smallest absolute Gasteiger partial charge is 0.0435 e. The number of nitrogens with zero attached hydrogens (tertiary/aromatic N) is 1. The van der Waals surface area contributed by atoms with Gasteiger partial charge in [-0.3, -0.25) is 0 Å². The van der Waals surface area contributed by atoms with Crippen molar-refractivity contribution >= 4 is 5.69 Å². The lowest BCUT2D eigenvalue weighted by atomic mass is 9.96. The van der Waals surface area contributed by atoms with E-state index < -0.39 is 0 Å². The molecule has 2 heteroatoms. The van der Waals surface area contributed by atoms with Crippen molar-refractivity contribution in [2.75, 3.05) is 24.5 Å². The largest absolute Gasteiger partial charge is 0.371 e. The summed E-state index contributed by atoms with van der Waals surface area (Å²) in [6.07, 6.45) is 1.19. The van der Waals surface area contributed by atoms with Crippen LogP contribution in [0.3, 0.4) is 0 Å². The quantitative estimate of drug-likeness (QED) is 0.817. The highest BCUT2D eigenvalue weighted by molar-refractivity contribution is 5.64. The molecule has 1 aromatic rings. The van der Waals surface area contributed by atoms with E-state index in [9.17, 15) is 0 Å². The molecular weight excluding hydrogens is 184 g/mol. The molecule has 1 heterocycles. The number of fused-ring (bicyclic) bond motifs is 1. The first-order chi connectivity index (χ1) is 7.27. The monoisotopic (exact) mass is 204 g/mol. The van der Waals surface area contributed by atoms with Gasteiger partial charge in [0.2, 0.25) is 0 Å². The molecule has 1 aliphatic heterocycles. The molecule has 1 aromatic carbocycles. The highest BCUT2D eigenvalue weighted by Crippen LogP contribution is 2.35. The Balaban J connectivity index is 2.44. The van der Waals surface area contributed by atoms with Gasteiger partial charge in [-0.15, -0.1) is 0 Å². The summed E-state index contributed by atoms with van der Waals surface area (Å²) in [7, 11) is 0. The number of likely N-dealkylation sites (N-methyl/N-ethyl adjacent to an activating group) is 1. The van der Waals surface area contributed by atoms with Crippen molar-refractivity contribution < 1.29 is 0 Å². The van der Waals surface area contributed by atoms with Gasteiger partial charge in [-0.05, 0) is 36.9 Å². The lowest BCUT2D eigenvalue weighted by Crippen LogP contribution is -2.22. The van der Waals surface area contributed by atoms with Gasteiger partial charge in [-0.2, -0.15) is 0 Å². The molecule has 15 heavy (non-hydrogen) atoms. The van der Waals surface area contributed by atoms with Crippen LogP contribution in [0.4, 0.5) is 5.69 Å². The van der Waals surface area contributed by atoms with Crippen molar-refractivity contribution in [1.82, 2.24) is 0 Å². The fourth-order valence-corrected chi connectivity index (χ4v) is 2.41. The van der Waals surface area contributed by atoms with Gasteiger partial charge in [0.05, 0.1) is 0 Å². The molecule has 2 rings (SSSR count). The molecular formula is C13H20N2. The Kier molecular flexibility index (Phi) is 2.96. The van der Waals surface area contributed by atoms with E-state index in [1.807, 2.05) is 0 Å². The van der Waals surface area contributed by atoms with Crippen molar-refractivity contribution in [3.05, 3.63) is 29.3 Å². The maximum absolute atomic E-state index is 5.77. The fraction of sp³-hybridized carbons (Fsp3) is 0.538. The minimum absolute atomic E-state index is 0.465.